The molecule has 1 atom stereocenters. The van der Waals surface area contributed by atoms with Crippen LogP contribution in [0.25, 0.3) is 11.5 Å². The van der Waals surface area contributed by atoms with Gasteiger partial charge in [0.2, 0.25) is 5.89 Å². The highest BCUT2D eigenvalue weighted by Gasteiger charge is 2.24. The van der Waals surface area contributed by atoms with Crippen LogP contribution in [0.4, 0.5) is 5.69 Å². The minimum absolute atomic E-state index is 0.0603. The highest BCUT2D eigenvalue weighted by atomic mass is 32.1. The van der Waals surface area contributed by atoms with E-state index in [1.807, 2.05) is 11.3 Å². The molecule has 0 bridgehead atoms. The zero-order valence-corrected chi connectivity index (χ0v) is 18.1. The molecule has 0 radical (unpaired) electrons. The standard InChI is InChI=1S/C22H26N4O3S/c1-16-3-8-21(30-16)14-25-10-9-17(12-25)11-24(2)13-19-15-29-22(23-19)18-4-6-20(7-5-18)26(27)28/h3-8,15,17H,9-14H2,1-2H3/t17-/m1/s1. The molecule has 7 nitrogen and oxygen atoms in total. The van der Waals surface area contributed by atoms with Gasteiger partial charge in [-0.05, 0) is 57.1 Å². The van der Waals surface area contributed by atoms with E-state index < -0.39 is 4.92 Å². The minimum atomic E-state index is -0.411. The van der Waals surface area contributed by atoms with Crippen molar-refractivity contribution in [2.45, 2.75) is 26.4 Å². The molecule has 0 amide bonds. The molecule has 8 heteroatoms. The van der Waals surface area contributed by atoms with Crippen LogP contribution in [0.1, 0.15) is 21.9 Å². The summed E-state index contributed by atoms with van der Waals surface area (Å²) < 4.78 is 5.59. The van der Waals surface area contributed by atoms with Gasteiger partial charge < -0.3 is 9.32 Å². The number of benzene rings is 1. The zero-order valence-electron chi connectivity index (χ0n) is 17.3. The molecule has 3 aromatic rings. The van der Waals surface area contributed by atoms with Crippen molar-refractivity contribution in [2.24, 2.45) is 5.92 Å². The van der Waals surface area contributed by atoms with E-state index in [2.05, 4.69) is 40.9 Å². The number of likely N-dealkylation sites (tertiary alicyclic amines) is 1. The molecule has 1 saturated heterocycles. The normalized spacial score (nSPS) is 17.1. The number of hydrogen-bond donors (Lipinski definition) is 0. The first-order valence-electron chi connectivity index (χ1n) is 10.1. The number of nitro groups is 1. The molecule has 2 aromatic heterocycles. The summed E-state index contributed by atoms with van der Waals surface area (Å²) in [5, 5.41) is 10.8. The fourth-order valence-electron chi connectivity index (χ4n) is 4.02. The van der Waals surface area contributed by atoms with Crippen LogP contribution in [-0.4, -0.2) is 46.4 Å². The molecule has 1 aliphatic rings. The fourth-order valence-corrected chi connectivity index (χ4v) is 4.95. The van der Waals surface area contributed by atoms with Gasteiger partial charge in [-0.2, -0.15) is 0 Å². The number of nitrogens with zero attached hydrogens (tertiary/aromatic N) is 4. The summed E-state index contributed by atoms with van der Waals surface area (Å²) in [6, 6.07) is 10.7. The minimum Gasteiger partial charge on any atom is -0.444 e. The third-order valence-electron chi connectivity index (χ3n) is 5.42. The van der Waals surface area contributed by atoms with Gasteiger partial charge in [0.25, 0.3) is 5.69 Å². The van der Waals surface area contributed by atoms with Crippen molar-refractivity contribution < 1.29 is 9.34 Å². The number of aryl methyl sites for hydroxylation is 1. The molecule has 30 heavy (non-hydrogen) atoms. The third-order valence-corrected chi connectivity index (χ3v) is 6.41. The molecular weight excluding hydrogens is 400 g/mol. The Labute approximate surface area is 180 Å². The van der Waals surface area contributed by atoms with Gasteiger partial charge in [0.1, 0.15) is 6.26 Å². The van der Waals surface area contributed by atoms with Crippen LogP contribution in [0.5, 0.6) is 0 Å². The Morgan fingerprint density at radius 1 is 1.30 bits per heavy atom. The maximum absolute atomic E-state index is 10.8. The van der Waals surface area contributed by atoms with Crippen LogP contribution < -0.4 is 0 Å². The van der Waals surface area contributed by atoms with E-state index in [1.54, 1.807) is 18.4 Å². The Hall–Kier alpha value is -2.55. The first kappa shape index (κ1) is 20.7. The van der Waals surface area contributed by atoms with Gasteiger partial charge in [0.15, 0.2) is 0 Å². The lowest BCUT2D eigenvalue weighted by Gasteiger charge is -2.20. The van der Waals surface area contributed by atoms with Gasteiger partial charge in [0, 0.05) is 53.6 Å². The summed E-state index contributed by atoms with van der Waals surface area (Å²) in [5.41, 5.74) is 1.67. The summed E-state index contributed by atoms with van der Waals surface area (Å²) in [5.74, 6) is 1.16. The summed E-state index contributed by atoms with van der Waals surface area (Å²) >= 11 is 1.89. The molecule has 0 aliphatic carbocycles. The molecule has 158 valence electrons. The van der Waals surface area contributed by atoms with Gasteiger partial charge in [0.05, 0.1) is 10.6 Å². The zero-order chi connectivity index (χ0) is 21.1. The average molecular weight is 427 g/mol. The second kappa shape index (κ2) is 9.07. The van der Waals surface area contributed by atoms with E-state index in [1.165, 1.54) is 28.3 Å². The van der Waals surface area contributed by atoms with Crippen molar-refractivity contribution in [3.63, 3.8) is 0 Å². The largest absolute Gasteiger partial charge is 0.444 e. The number of rotatable bonds is 8. The molecular formula is C22H26N4O3S. The number of nitro benzene ring substituents is 1. The SMILES string of the molecule is Cc1ccc(CN2CC[C@H](CN(C)Cc3coc(-c4ccc([N+](=O)[O-])cc4)n3)C2)s1. The molecule has 1 aliphatic heterocycles. The van der Waals surface area contributed by atoms with Gasteiger partial charge in [-0.15, -0.1) is 11.3 Å². The van der Waals surface area contributed by atoms with Crippen molar-refractivity contribution in [1.82, 2.24) is 14.8 Å². The van der Waals surface area contributed by atoms with Crippen LogP contribution in [0.3, 0.4) is 0 Å². The van der Waals surface area contributed by atoms with Gasteiger partial charge >= 0.3 is 0 Å². The molecule has 0 unspecified atom stereocenters. The molecule has 0 saturated carbocycles. The van der Waals surface area contributed by atoms with Gasteiger partial charge in [-0.1, -0.05) is 0 Å². The van der Waals surface area contributed by atoms with Crippen LogP contribution in [0.15, 0.2) is 47.1 Å². The predicted molar refractivity (Wildman–Crippen MR) is 117 cm³/mol. The maximum atomic E-state index is 10.8. The lowest BCUT2D eigenvalue weighted by atomic mass is 10.1. The average Bonchev–Trinajstić information content (AvgIpc) is 3.45. The number of aromatic nitrogens is 1. The lowest BCUT2D eigenvalue weighted by molar-refractivity contribution is -0.384. The summed E-state index contributed by atoms with van der Waals surface area (Å²) in [6.45, 7) is 7.25. The molecule has 1 aromatic carbocycles. The van der Waals surface area contributed by atoms with E-state index >= 15 is 0 Å². The smallest absolute Gasteiger partial charge is 0.269 e. The Bertz CT molecular complexity index is 998. The highest BCUT2D eigenvalue weighted by molar-refractivity contribution is 7.11. The predicted octanol–water partition coefficient (Wildman–Crippen LogP) is 4.57. The van der Waals surface area contributed by atoms with E-state index in [4.69, 9.17) is 4.42 Å². The van der Waals surface area contributed by atoms with Crippen molar-refractivity contribution in [2.75, 3.05) is 26.7 Å². The van der Waals surface area contributed by atoms with Crippen LogP contribution in [0.2, 0.25) is 0 Å². The molecule has 0 N–H and O–H groups in total. The maximum Gasteiger partial charge on any atom is 0.269 e. The first-order valence-corrected chi connectivity index (χ1v) is 10.9. The topological polar surface area (TPSA) is 75.7 Å². The van der Waals surface area contributed by atoms with Crippen molar-refractivity contribution in [3.05, 3.63) is 68.2 Å². The van der Waals surface area contributed by atoms with Crippen LogP contribution in [0, 0.1) is 23.0 Å². The van der Waals surface area contributed by atoms with E-state index in [-0.39, 0.29) is 5.69 Å². The van der Waals surface area contributed by atoms with Gasteiger partial charge in [-0.25, -0.2) is 4.98 Å². The van der Waals surface area contributed by atoms with Crippen molar-refractivity contribution in [3.8, 4) is 11.5 Å². The highest BCUT2D eigenvalue weighted by Crippen LogP contribution is 2.24. The first-order chi connectivity index (χ1) is 14.5. The quantitative estimate of drug-likeness (QED) is 0.388. The Morgan fingerprint density at radius 3 is 2.80 bits per heavy atom. The number of oxazole rings is 1. The summed E-state index contributed by atoms with van der Waals surface area (Å²) in [4.78, 5) is 22.6. The second-order valence-electron chi connectivity index (χ2n) is 8.05. The van der Waals surface area contributed by atoms with Crippen LogP contribution in [-0.2, 0) is 13.1 Å². The van der Waals surface area contributed by atoms with Crippen molar-refractivity contribution >= 4 is 17.0 Å². The number of non-ortho nitro benzene ring substituents is 1. The molecule has 4 rings (SSSR count). The van der Waals surface area contributed by atoms with Gasteiger partial charge in [-0.3, -0.25) is 15.0 Å². The Balaban J connectivity index is 1.27. The third kappa shape index (κ3) is 5.13. The van der Waals surface area contributed by atoms with E-state index in [0.717, 1.165) is 44.0 Å². The number of thiophene rings is 1. The Kier molecular flexibility index (Phi) is 6.26. The Morgan fingerprint density at radius 2 is 2.10 bits per heavy atom. The van der Waals surface area contributed by atoms with E-state index in [0.29, 0.717) is 11.8 Å². The van der Waals surface area contributed by atoms with E-state index in [9.17, 15) is 10.1 Å². The molecule has 1 fully saturated rings. The monoisotopic (exact) mass is 426 g/mol. The second-order valence-corrected chi connectivity index (χ2v) is 9.42. The van der Waals surface area contributed by atoms with Crippen LogP contribution >= 0.6 is 11.3 Å². The lowest BCUT2D eigenvalue weighted by Crippen LogP contribution is -2.28. The molecule has 0 spiro atoms. The summed E-state index contributed by atoms with van der Waals surface area (Å²) in [7, 11) is 2.12. The van der Waals surface area contributed by atoms with Crippen molar-refractivity contribution in [1.29, 1.82) is 0 Å². The fraction of sp³-hybridized carbons (Fsp3) is 0.409. The number of hydrogen-bond acceptors (Lipinski definition) is 7. The summed E-state index contributed by atoms with van der Waals surface area (Å²) in [6.07, 6.45) is 2.90. The molecule has 3 heterocycles.